The summed E-state index contributed by atoms with van der Waals surface area (Å²) in [6, 6.07) is 33.4. The number of nitrogens with one attached hydrogen (secondary N) is 2. The third-order valence-electron chi connectivity index (χ3n) is 7.12. The zero-order valence-corrected chi connectivity index (χ0v) is 24.4. The minimum atomic E-state index is -0.548. The van der Waals surface area contributed by atoms with Gasteiger partial charge in [0.2, 0.25) is 11.1 Å². The topological polar surface area (TPSA) is 81.1 Å². The van der Waals surface area contributed by atoms with E-state index in [1.54, 1.807) is 16.8 Å². The van der Waals surface area contributed by atoms with E-state index in [9.17, 15) is 9.18 Å². The van der Waals surface area contributed by atoms with Crippen LogP contribution in [0.3, 0.4) is 0 Å². The van der Waals surface area contributed by atoms with Crippen molar-refractivity contribution in [3.8, 4) is 5.75 Å². The van der Waals surface area contributed by atoms with Gasteiger partial charge in [-0.2, -0.15) is 4.98 Å². The Balaban J connectivity index is 1.27. The number of thioether (sulfide) groups is 1. The lowest BCUT2D eigenvalue weighted by Gasteiger charge is -2.28. The van der Waals surface area contributed by atoms with E-state index in [-0.39, 0.29) is 11.7 Å². The lowest BCUT2D eigenvalue weighted by atomic mass is 9.95. The van der Waals surface area contributed by atoms with Crippen molar-refractivity contribution >= 4 is 29.3 Å². The first-order valence-corrected chi connectivity index (χ1v) is 15.0. The molecule has 0 saturated carbocycles. The molecule has 1 atom stereocenters. The molecule has 0 radical (unpaired) electrons. The molecule has 6 rings (SSSR count). The lowest BCUT2D eigenvalue weighted by Crippen LogP contribution is -2.31. The first-order chi connectivity index (χ1) is 21.0. The Kier molecular flexibility index (Phi) is 8.51. The minimum Gasteiger partial charge on any atom is -0.493 e. The average molecular weight is 592 g/mol. The molecule has 2 N–H and O–H groups in total. The average Bonchev–Trinajstić information content (AvgIpc) is 3.43. The van der Waals surface area contributed by atoms with Gasteiger partial charge in [0, 0.05) is 23.6 Å². The van der Waals surface area contributed by atoms with Gasteiger partial charge in [-0.05, 0) is 53.9 Å². The minimum absolute atomic E-state index is 0.244. The number of hydrogen-bond donors (Lipinski definition) is 2. The van der Waals surface area contributed by atoms with Crippen LogP contribution in [0.2, 0.25) is 0 Å². The highest BCUT2D eigenvalue weighted by atomic mass is 32.2. The molecule has 1 aliphatic rings. The number of halogens is 1. The number of amides is 1. The first kappa shape index (κ1) is 28.2. The monoisotopic (exact) mass is 591 g/mol. The molecule has 5 aromatic rings. The van der Waals surface area contributed by atoms with Crippen molar-refractivity contribution in [3.05, 3.63) is 143 Å². The maximum atomic E-state index is 14.2. The van der Waals surface area contributed by atoms with Crippen molar-refractivity contribution in [1.29, 1.82) is 0 Å². The standard InChI is InChI=1S/C34H30FN5O2S/c1-23-30(32(41)37-27-13-6-3-7-14-27)31(25-16-18-28(19-17-25)42-21-20-24-10-4-2-5-11-24)40-33(36-23)38-34(39-40)43-22-26-12-8-9-15-29(26)35/h2-19,31H,20-22H2,1H3,(H,37,41)(H,36,38,39). The van der Waals surface area contributed by atoms with Crippen molar-refractivity contribution < 1.29 is 13.9 Å². The number of nitrogens with zero attached hydrogens (tertiary/aromatic N) is 3. The molecule has 216 valence electrons. The predicted octanol–water partition coefficient (Wildman–Crippen LogP) is 7.26. The van der Waals surface area contributed by atoms with Crippen LogP contribution in [0.5, 0.6) is 5.75 Å². The van der Waals surface area contributed by atoms with E-state index in [0.29, 0.717) is 46.0 Å². The summed E-state index contributed by atoms with van der Waals surface area (Å²) < 4.78 is 22.0. The molecule has 1 unspecified atom stereocenters. The summed E-state index contributed by atoms with van der Waals surface area (Å²) in [5.74, 6) is 1.12. The molecule has 7 nitrogen and oxygen atoms in total. The van der Waals surface area contributed by atoms with Gasteiger partial charge in [-0.25, -0.2) is 9.07 Å². The van der Waals surface area contributed by atoms with E-state index < -0.39 is 6.04 Å². The van der Waals surface area contributed by atoms with Gasteiger partial charge in [-0.3, -0.25) is 4.79 Å². The molecule has 4 aromatic carbocycles. The van der Waals surface area contributed by atoms with Crippen LogP contribution in [0.4, 0.5) is 16.0 Å². The Hall–Kier alpha value is -4.89. The second-order valence-electron chi connectivity index (χ2n) is 10.1. The summed E-state index contributed by atoms with van der Waals surface area (Å²) in [4.78, 5) is 18.4. The number of fused-ring (bicyclic) bond motifs is 1. The zero-order valence-electron chi connectivity index (χ0n) is 23.5. The third kappa shape index (κ3) is 6.62. The Labute approximate surface area is 253 Å². The third-order valence-corrected chi connectivity index (χ3v) is 8.01. The molecular formula is C34H30FN5O2S. The van der Waals surface area contributed by atoms with Gasteiger partial charge in [-0.15, -0.1) is 5.10 Å². The number of anilines is 2. The Bertz CT molecular complexity index is 1740. The zero-order chi connectivity index (χ0) is 29.6. The van der Waals surface area contributed by atoms with E-state index in [1.165, 1.54) is 23.4 Å². The smallest absolute Gasteiger partial charge is 0.255 e. The van der Waals surface area contributed by atoms with Gasteiger partial charge < -0.3 is 15.4 Å². The SMILES string of the molecule is CC1=C(C(=O)Nc2ccccc2)C(c2ccc(OCCc3ccccc3)cc2)n2nc(SCc3ccccc3F)nc2N1. The Morgan fingerprint density at radius 3 is 2.40 bits per heavy atom. The lowest BCUT2D eigenvalue weighted by molar-refractivity contribution is -0.113. The fourth-order valence-electron chi connectivity index (χ4n) is 4.95. The largest absolute Gasteiger partial charge is 0.493 e. The summed E-state index contributed by atoms with van der Waals surface area (Å²) in [5, 5.41) is 11.5. The van der Waals surface area contributed by atoms with Crippen LogP contribution in [-0.4, -0.2) is 27.3 Å². The van der Waals surface area contributed by atoms with Crippen molar-refractivity contribution in [2.45, 2.75) is 30.3 Å². The van der Waals surface area contributed by atoms with Gasteiger partial charge in [-0.1, -0.05) is 90.6 Å². The first-order valence-electron chi connectivity index (χ1n) is 14.0. The Morgan fingerprint density at radius 1 is 0.953 bits per heavy atom. The molecule has 0 fully saturated rings. The normalized spacial score (nSPS) is 14.1. The maximum absolute atomic E-state index is 14.2. The summed E-state index contributed by atoms with van der Waals surface area (Å²) in [6.45, 7) is 2.41. The number of carbonyl (C=O) groups excluding carboxylic acids is 1. The van der Waals surface area contributed by atoms with Crippen molar-refractivity contribution in [1.82, 2.24) is 14.8 Å². The summed E-state index contributed by atoms with van der Waals surface area (Å²) >= 11 is 1.34. The van der Waals surface area contributed by atoms with Gasteiger partial charge in [0.15, 0.2) is 0 Å². The number of rotatable bonds is 10. The van der Waals surface area contributed by atoms with Gasteiger partial charge >= 0.3 is 0 Å². The highest BCUT2D eigenvalue weighted by Crippen LogP contribution is 2.37. The van der Waals surface area contributed by atoms with E-state index in [4.69, 9.17) is 9.84 Å². The molecule has 0 spiro atoms. The highest BCUT2D eigenvalue weighted by Gasteiger charge is 2.34. The molecular weight excluding hydrogens is 561 g/mol. The molecule has 1 aliphatic heterocycles. The second-order valence-corrected chi connectivity index (χ2v) is 11.0. The van der Waals surface area contributed by atoms with E-state index >= 15 is 0 Å². The molecule has 0 saturated heterocycles. The highest BCUT2D eigenvalue weighted by molar-refractivity contribution is 7.98. The summed E-state index contributed by atoms with van der Waals surface area (Å²) in [7, 11) is 0. The molecule has 0 aliphatic carbocycles. The maximum Gasteiger partial charge on any atom is 0.255 e. The van der Waals surface area contributed by atoms with Crippen molar-refractivity contribution in [2.75, 3.05) is 17.2 Å². The number of ether oxygens (including phenoxy) is 1. The van der Waals surface area contributed by atoms with Gasteiger partial charge in [0.05, 0.1) is 12.2 Å². The number of allylic oxidation sites excluding steroid dienone is 1. The van der Waals surface area contributed by atoms with Gasteiger partial charge in [0.25, 0.3) is 5.91 Å². The Morgan fingerprint density at radius 2 is 1.65 bits per heavy atom. The van der Waals surface area contributed by atoms with Crippen LogP contribution < -0.4 is 15.4 Å². The molecule has 2 heterocycles. The molecule has 43 heavy (non-hydrogen) atoms. The number of hydrogen-bond acceptors (Lipinski definition) is 6. The van der Waals surface area contributed by atoms with Crippen LogP contribution >= 0.6 is 11.8 Å². The molecule has 1 amide bonds. The molecule has 0 bridgehead atoms. The molecule has 9 heteroatoms. The summed E-state index contributed by atoms with van der Waals surface area (Å²) in [5.41, 5.74) is 4.53. The number of carbonyl (C=O) groups is 1. The molecule has 1 aromatic heterocycles. The van der Waals surface area contributed by atoms with Crippen molar-refractivity contribution in [3.63, 3.8) is 0 Å². The van der Waals surface area contributed by atoms with Crippen molar-refractivity contribution in [2.24, 2.45) is 0 Å². The quantitative estimate of drug-likeness (QED) is 0.167. The van der Waals surface area contributed by atoms with Crippen LogP contribution in [-0.2, 0) is 17.0 Å². The number of para-hydroxylation sites is 1. The fourth-order valence-corrected chi connectivity index (χ4v) is 5.77. The van der Waals surface area contributed by atoms with E-state index in [0.717, 1.165) is 17.7 Å². The van der Waals surface area contributed by atoms with Crippen LogP contribution in [0.25, 0.3) is 0 Å². The number of benzene rings is 4. The second kappa shape index (κ2) is 13.0. The predicted molar refractivity (Wildman–Crippen MR) is 168 cm³/mol. The van der Waals surface area contributed by atoms with E-state index in [1.807, 2.05) is 85.8 Å². The van der Waals surface area contributed by atoms with Crippen LogP contribution in [0, 0.1) is 5.82 Å². The summed E-state index contributed by atoms with van der Waals surface area (Å²) in [6.07, 6.45) is 0.804. The fraction of sp³-hybridized carbons (Fsp3) is 0.147. The number of aromatic nitrogens is 3. The van der Waals surface area contributed by atoms with Gasteiger partial charge in [0.1, 0.15) is 17.6 Å². The van der Waals surface area contributed by atoms with Crippen LogP contribution in [0.15, 0.2) is 126 Å². The van der Waals surface area contributed by atoms with Crippen LogP contribution in [0.1, 0.15) is 29.7 Å². The van der Waals surface area contributed by atoms with E-state index in [2.05, 4.69) is 27.8 Å².